The summed E-state index contributed by atoms with van der Waals surface area (Å²) in [6.07, 6.45) is 0. The third-order valence-electron chi connectivity index (χ3n) is 2.79. The first-order chi connectivity index (χ1) is 7.58. The van der Waals surface area contributed by atoms with Crippen LogP contribution < -0.4 is 10.1 Å². The van der Waals surface area contributed by atoms with E-state index in [2.05, 4.69) is 19.2 Å². The molecule has 0 aliphatic carbocycles. The zero-order valence-corrected chi connectivity index (χ0v) is 9.36. The molecule has 1 heterocycles. The van der Waals surface area contributed by atoms with Crippen molar-refractivity contribution in [1.82, 2.24) is 0 Å². The van der Waals surface area contributed by atoms with E-state index in [9.17, 15) is 4.79 Å². The summed E-state index contributed by atoms with van der Waals surface area (Å²) in [4.78, 5) is 10.8. The van der Waals surface area contributed by atoms with E-state index >= 15 is 0 Å². The number of rotatable bonds is 2. The lowest BCUT2D eigenvalue weighted by Crippen LogP contribution is -2.35. The average molecular weight is 221 g/mol. The normalized spacial score (nSPS) is 18.6. The molecule has 16 heavy (non-hydrogen) atoms. The fraction of sp³-hybridized carbons (Fsp3) is 0.417. The minimum Gasteiger partial charge on any atom is -0.489 e. The molecule has 0 amide bonds. The van der Waals surface area contributed by atoms with Crippen molar-refractivity contribution < 1.29 is 14.6 Å². The fourth-order valence-electron chi connectivity index (χ4n) is 1.68. The van der Waals surface area contributed by atoms with Crippen molar-refractivity contribution >= 4 is 11.7 Å². The number of anilines is 1. The van der Waals surface area contributed by atoms with E-state index in [1.807, 2.05) is 0 Å². The summed E-state index contributed by atoms with van der Waals surface area (Å²) in [5.41, 5.74) is 1.05. The van der Waals surface area contributed by atoms with E-state index in [0.29, 0.717) is 12.5 Å². The highest BCUT2D eigenvalue weighted by Gasteiger charge is 2.22. The molecule has 2 N–H and O–H groups in total. The van der Waals surface area contributed by atoms with Crippen molar-refractivity contribution in [2.24, 2.45) is 5.92 Å². The van der Waals surface area contributed by atoms with Gasteiger partial charge < -0.3 is 15.2 Å². The number of ether oxygens (including phenoxy) is 1. The maximum atomic E-state index is 10.8. The molecule has 1 atom stereocenters. The van der Waals surface area contributed by atoms with Crippen LogP contribution in [0.3, 0.4) is 0 Å². The Morgan fingerprint density at radius 1 is 1.56 bits per heavy atom. The second kappa shape index (κ2) is 4.04. The van der Waals surface area contributed by atoms with Gasteiger partial charge in [-0.15, -0.1) is 0 Å². The van der Waals surface area contributed by atoms with E-state index in [1.165, 1.54) is 0 Å². The van der Waals surface area contributed by atoms with Gasteiger partial charge in [-0.1, -0.05) is 13.8 Å². The molecule has 0 fully saturated rings. The predicted molar refractivity (Wildman–Crippen MR) is 61.1 cm³/mol. The third kappa shape index (κ3) is 1.96. The quantitative estimate of drug-likeness (QED) is 0.803. The van der Waals surface area contributed by atoms with Crippen molar-refractivity contribution in [3.63, 3.8) is 0 Å². The molecule has 1 aromatic rings. The second-order valence-electron chi connectivity index (χ2n) is 4.32. The summed E-state index contributed by atoms with van der Waals surface area (Å²) in [6.45, 7) is 4.83. The van der Waals surface area contributed by atoms with Crippen LogP contribution >= 0.6 is 0 Å². The predicted octanol–water partition coefficient (Wildman–Crippen LogP) is 2.21. The zero-order chi connectivity index (χ0) is 11.7. The summed E-state index contributed by atoms with van der Waals surface area (Å²) in [5, 5.41) is 12.2. The molecule has 1 unspecified atom stereocenters. The van der Waals surface area contributed by atoms with E-state index in [-0.39, 0.29) is 11.6 Å². The van der Waals surface area contributed by atoms with Crippen LogP contribution in [0.1, 0.15) is 24.2 Å². The summed E-state index contributed by atoms with van der Waals surface area (Å²) >= 11 is 0. The number of benzene rings is 1. The molecule has 1 aromatic carbocycles. The van der Waals surface area contributed by atoms with E-state index < -0.39 is 5.97 Å². The van der Waals surface area contributed by atoms with E-state index in [4.69, 9.17) is 9.84 Å². The van der Waals surface area contributed by atoms with Crippen LogP contribution in [0.15, 0.2) is 18.2 Å². The van der Waals surface area contributed by atoms with Gasteiger partial charge in [0.25, 0.3) is 0 Å². The lowest BCUT2D eigenvalue weighted by Gasteiger charge is -2.30. The minimum absolute atomic E-state index is 0.233. The standard InChI is InChI=1S/C12H15NO3/c1-7(2)10-6-16-11-4-3-8(12(14)15)5-9(11)13-10/h3-5,7,10,13H,6H2,1-2H3,(H,14,15). The van der Waals surface area contributed by atoms with Crippen LogP contribution in [0.4, 0.5) is 5.69 Å². The highest BCUT2D eigenvalue weighted by molar-refractivity contribution is 5.89. The van der Waals surface area contributed by atoms with Gasteiger partial charge in [-0.3, -0.25) is 0 Å². The maximum Gasteiger partial charge on any atom is 0.335 e. The van der Waals surface area contributed by atoms with Crippen LogP contribution in [-0.2, 0) is 0 Å². The zero-order valence-electron chi connectivity index (χ0n) is 9.36. The van der Waals surface area contributed by atoms with Crippen molar-refractivity contribution in [3.8, 4) is 5.75 Å². The third-order valence-corrected chi connectivity index (χ3v) is 2.79. The van der Waals surface area contributed by atoms with Gasteiger partial charge in [0.2, 0.25) is 0 Å². The van der Waals surface area contributed by atoms with Gasteiger partial charge in [-0.2, -0.15) is 0 Å². The lowest BCUT2D eigenvalue weighted by molar-refractivity contribution is 0.0697. The first kappa shape index (κ1) is 10.8. The highest BCUT2D eigenvalue weighted by atomic mass is 16.5. The molecule has 0 radical (unpaired) electrons. The number of nitrogens with one attached hydrogen (secondary N) is 1. The molecule has 1 aliphatic rings. The van der Waals surface area contributed by atoms with Crippen molar-refractivity contribution in [2.75, 3.05) is 11.9 Å². The van der Waals surface area contributed by atoms with Gasteiger partial charge >= 0.3 is 5.97 Å². The molecule has 2 rings (SSSR count). The molecule has 4 heteroatoms. The van der Waals surface area contributed by atoms with Crippen LogP contribution in [0.5, 0.6) is 5.75 Å². The van der Waals surface area contributed by atoms with Gasteiger partial charge in [-0.25, -0.2) is 4.79 Å². The lowest BCUT2D eigenvalue weighted by atomic mass is 10.0. The van der Waals surface area contributed by atoms with Crippen LogP contribution in [0, 0.1) is 5.92 Å². The van der Waals surface area contributed by atoms with Gasteiger partial charge in [0, 0.05) is 0 Å². The van der Waals surface area contributed by atoms with Crippen LogP contribution in [0.2, 0.25) is 0 Å². The highest BCUT2D eigenvalue weighted by Crippen LogP contribution is 2.31. The Morgan fingerprint density at radius 2 is 2.31 bits per heavy atom. The Bertz CT molecular complexity index is 415. The van der Waals surface area contributed by atoms with Gasteiger partial charge in [-0.05, 0) is 24.1 Å². The number of carboxylic acids is 1. The van der Waals surface area contributed by atoms with Gasteiger partial charge in [0.05, 0.1) is 17.3 Å². The second-order valence-corrected chi connectivity index (χ2v) is 4.32. The number of fused-ring (bicyclic) bond motifs is 1. The SMILES string of the molecule is CC(C)C1COc2ccc(C(=O)O)cc2N1. The molecule has 0 aromatic heterocycles. The molecular formula is C12H15NO3. The van der Waals surface area contributed by atoms with Gasteiger partial charge in [0.15, 0.2) is 0 Å². The molecule has 86 valence electrons. The number of aromatic carboxylic acids is 1. The molecule has 0 saturated carbocycles. The summed E-state index contributed by atoms with van der Waals surface area (Å²) in [7, 11) is 0. The van der Waals surface area contributed by atoms with Crippen molar-refractivity contribution in [1.29, 1.82) is 0 Å². The average Bonchev–Trinajstić information content (AvgIpc) is 2.27. The Morgan fingerprint density at radius 3 is 2.94 bits per heavy atom. The first-order valence-electron chi connectivity index (χ1n) is 5.34. The summed E-state index contributed by atoms with van der Waals surface area (Å²) in [5.74, 6) is 0.250. The Balaban J connectivity index is 2.28. The summed E-state index contributed by atoms with van der Waals surface area (Å²) in [6, 6.07) is 5.10. The number of hydrogen-bond donors (Lipinski definition) is 2. The Hall–Kier alpha value is -1.71. The van der Waals surface area contributed by atoms with Crippen molar-refractivity contribution in [3.05, 3.63) is 23.8 Å². The van der Waals surface area contributed by atoms with Crippen LogP contribution in [-0.4, -0.2) is 23.7 Å². The summed E-state index contributed by atoms with van der Waals surface area (Å²) < 4.78 is 5.58. The first-order valence-corrected chi connectivity index (χ1v) is 5.34. The molecule has 4 nitrogen and oxygen atoms in total. The van der Waals surface area contributed by atoms with E-state index in [1.54, 1.807) is 18.2 Å². The largest absolute Gasteiger partial charge is 0.489 e. The molecule has 0 spiro atoms. The Labute approximate surface area is 94.2 Å². The van der Waals surface area contributed by atoms with Gasteiger partial charge in [0.1, 0.15) is 12.4 Å². The maximum absolute atomic E-state index is 10.8. The smallest absolute Gasteiger partial charge is 0.335 e. The molecule has 0 bridgehead atoms. The van der Waals surface area contributed by atoms with E-state index in [0.717, 1.165) is 11.4 Å². The minimum atomic E-state index is -0.920. The topological polar surface area (TPSA) is 58.6 Å². The molecule has 1 aliphatic heterocycles. The van der Waals surface area contributed by atoms with Crippen molar-refractivity contribution in [2.45, 2.75) is 19.9 Å². The fourth-order valence-corrected chi connectivity index (χ4v) is 1.68. The number of hydrogen-bond acceptors (Lipinski definition) is 3. The molecule has 0 saturated heterocycles. The van der Waals surface area contributed by atoms with Crippen LogP contribution in [0.25, 0.3) is 0 Å². The monoisotopic (exact) mass is 221 g/mol. The number of carboxylic acid groups (broad SMARTS) is 1. The number of carbonyl (C=O) groups is 1. The molecular weight excluding hydrogens is 206 g/mol. The Kier molecular flexibility index (Phi) is 2.73.